The second-order valence-corrected chi connectivity index (χ2v) is 9.31. The summed E-state index contributed by atoms with van der Waals surface area (Å²) in [6.45, 7) is 8.47. The number of fused-ring (bicyclic) bond motifs is 1. The Bertz CT molecular complexity index is 1020. The third-order valence-corrected chi connectivity index (χ3v) is 6.63. The number of carbonyl (C=O) groups is 3. The molecule has 2 aliphatic rings. The normalized spacial score (nSPS) is 23.3. The number of rotatable bonds is 4. The zero-order valence-electron chi connectivity index (χ0n) is 18.6. The number of esters is 1. The molecule has 2 aromatic rings. The van der Waals surface area contributed by atoms with Crippen molar-refractivity contribution in [3.63, 3.8) is 0 Å². The second kappa shape index (κ2) is 8.29. The fourth-order valence-corrected chi connectivity index (χ4v) is 4.75. The molecular weight excluding hydrogens is 390 g/mol. The van der Waals surface area contributed by atoms with Crippen LogP contribution in [0.25, 0.3) is 0 Å². The minimum absolute atomic E-state index is 0.120. The molecule has 0 aromatic heterocycles. The Hall–Kier alpha value is -2.95. The predicted octanol–water partition coefficient (Wildman–Crippen LogP) is 5.41. The van der Waals surface area contributed by atoms with Gasteiger partial charge in [0.1, 0.15) is 6.10 Å². The minimum Gasteiger partial charge on any atom is -0.458 e. The van der Waals surface area contributed by atoms with Crippen molar-refractivity contribution < 1.29 is 19.1 Å². The van der Waals surface area contributed by atoms with Crippen molar-refractivity contribution in [1.29, 1.82) is 0 Å². The highest BCUT2D eigenvalue weighted by Gasteiger charge is 2.38. The van der Waals surface area contributed by atoms with Gasteiger partial charge < -0.3 is 4.74 Å². The molecule has 5 heteroatoms. The maximum Gasteiger partial charge on any atom is 0.338 e. The van der Waals surface area contributed by atoms with Gasteiger partial charge in [-0.1, -0.05) is 44.9 Å². The van der Waals surface area contributed by atoms with Gasteiger partial charge in [-0.2, -0.15) is 0 Å². The number of anilines is 1. The Kier molecular flexibility index (Phi) is 5.69. The first-order valence-corrected chi connectivity index (χ1v) is 11.1. The summed E-state index contributed by atoms with van der Waals surface area (Å²) in [6.07, 6.45) is 2.95. The average Bonchev–Trinajstić information content (AvgIpc) is 2.98. The fraction of sp³-hybridized carbons (Fsp3) is 0.423. The van der Waals surface area contributed by atoms with Crippen molar-refractivity contribution in [2.24, 2.45) is 17.8 Å². The summed E-state index contributed by atoms with van der Waals surface area (Å²) in [7, 11) is 0. The molecule has 0 N–H and O–H groups in total. The predicted molar refractivity (Wildman–Crippen MR) is 119 cm³/mol. The Morgan fingerprint density at radius 2 is 1.68 bits per heavy atom. The molecule has 4 rings (SSSR count). The van der Waals surface area contributed by atoms with Crippen LogP contribution in [0.1, 0.15) is 76.7 Å². The van der Waals surface area contributed by atoms with E-state index in [1.54, 1.807) is 24.3 Å². The van der Waals surface area contributed by atoms with Gasteiger partial charge in [0.25, 0.3) is 11.8 Å². The summed E-state index contributed by atoms with van der Waals surface area (Å²) in [5.41, 5.74) is 2.44. The van der Waals surface area contributed by atoms with Crippen LogP contribution in [0.15, 0.2) is 42.5 Å². The van der Waals surface area contributed by atoms with Crippen LogP contribution in [-0.2, 0) is 4.74 Å². The van der Waals surface area contributed by atoms with E-state index in [0.717, 1.165) is 29.7 Å². The number of nitrogens with zero attached hydrogens (tertiary/aromatic N) is 1. The maximum atomic E-state index is 13.0. The van der Waals surface area contributed by atoms with Crippen LogP contribution in [0.5, 0.6) is 0 Å². The molecule has 0 radical (unpaired) electrons. The van der Waals surface area contributed by atoms with Crippen molar-refractivity contribution >= 4 is 23.5 Å². The van der Waals surface area contributed by atoms with E-state index in [1.807, 2.05) is 19.1 Å². The van der Waals surface area contributed by atoms with Gasteiger partial charge in [-0.05, 0) is 67.9 Å². The third-order valence-electron chi connectivity index (χ3n) is 6.63. The monoisotopic (exact) mass is 419 g/mol. The van der Waals surface area contributed by atoms with Gasteiger partial charge in [0.05, 0.1) is 22.4 Å². The van der Waals surface area contributed by atoms with Crippen LogP contribution >= 0.6 is 0 Å². The molecule has 0 saturated heterocycles. The van der Waals surface area contributed by atoms with Gasteiger partial charge in [-0.3, -0.25) is 9.59 Å². The van der Waals surface area contributed by atoms with E-state index in [4.69, 9.17) is 4.74 Å². The van der Waals surface area contributed by atoms with Crippen LogP contribution in [0.3, 0.4) is 0 Å². The van der Waals surface area contributed by atoms with E-state index in [-0.39, 0.29) is 17.6 Å². The number of amides is 2. The van der Waals surface area contributed by atoms with E-state index in [1.165, 1.54) is 6.07 Å². The Labute approximate surface area is 183 Å². The van der Waals surface area contributed by atoms with Crippen molar-refractivity contribution in [2.45, 2.75) is 53.1 Å². The molecule has 1 aliphatic carbocycles. The lowest BCUT2D eigenvalue weighted by molar-refractivity contribution is -0.0174. The quantitative estimate of drug-likeness (QED) is 0.491. The number of aryl methyl sites for hydroxylation is 1. The van der Waals surface area contributed by atoms with E-state index in [9.17, 15) is 14.4 Å². The molecule has 1 fully saturated rings. The molecule has 1 heterocycles. The van der Waals surface area contributed by atoms with Crippen molar-refractivity contribution in [2.75, 3.05) is 4.90 Å². The smallest absolute Gasteiger partial charge is 0.338 e. The maximum absolute atomic E-state index is 13.0. The van der Waals surface area contributed by atoms with Gasteiger partial charge >= 0.3 is 5.97 Å². The first kappa shape index (κ1) is 21.3. The molecule has 3 atom stereocenters. The zero-order valence-corrected chi connectivity index (χ0v) is 18.6. The molecule has 31 heavy (non-hydrogen) atoms. The topological polar surface area (TPSA) is 63.7 Å². The number of imide groups is 1. The zero-order chi connectivity index (χ0) is 22.3. The number of ether oxygens (including phenoxy) is 1. The summed E-state index contributed by atoms with van der Waals surface area (Å²) in [5, 5.41) is 0. The minimum atomic E-state index is -0.429. The van der Waals surface area contributed by atoms with Gasteiger partial charge in [0, 0.05) is 0 Å². The summed E-state index contributed by atoms with van der Waals surface area (Å²) >= 11 is 0. The largest absolute Gasteiger partial charge is 0.458 e. The van der Waals surface area contributed by atoms with Gasteiger partial charge in [-0.15, -0.1) is 0 Å². The van der Waals surface area contributed by atoms with Gasteiger partial charge in [0.15, 0.2) is 0 Å². The number of benzene rings is 2. The highest BCUT2D eigenvalue weighted by Crippen LogP contribution is 2.36. The highest BCUT2D eigenvalue weighted by atomic mass is 16.5. The molecule has 2 aromatic carbocycles. The summed E-state index contributed by atoms with van der Waals surface area (Å²) < 4.78 is 5.92. The first-order valence-electron chi connectivity index (χ1n) is 11.1. The summed E-state index contributed by atoms with van der Waals surface area (Å²) in [6, 6.07) is 11.9. The molecule has 162 valence electrons. The molecule has 5 nitrogen and oxygen atoms in total. The highest BCUT2D eigenvalue weighted by molar-refractivity contribution is 6.34. The van der Waals surface area contributed by atoms with Gasteiger partial charge in [0.2, 0.25) is 0 Å². The molecular formula is C26H29NO4. The molecule has 2 amide bonds. The van der Waals surface area contributed by atoms with Crippen molar-refractivity contribution in [3.8, 4) is 0 Å². The Morgan fingerprint density at radius 1 is 1.00 bits per heavy atom. The SMILES string of the molecule is Cc1ccc(N2C(=O)c3ccc(C(=O)OC4CC(C)CCC4C(C)C)cc3C2=O)cc1. The lowest BCUT2D eigenvalue weighted by atomic mass is 9.75. The molecule has 1 aliphatic heterocycles. The number of hydrogen-bond donors (Lipinski definition) is 0. The van der Waals surface area contributed by atoms with E-state index in [0.29, 0.717) is 34.6 Å². The average molecular weight is 420 g/mol. The fourth-order valence-electron chi connectivity index (χ4n) is 4.75. The molecule has 0 spiro atoms. The van der Waals surface area contributed by atoms with Crippen LogP contribution in [0, 0.1) is 24.7 Å². The Morgan fingerprint density at radius 3 is 2.35 bits per heavy atom. The van der Waals surface area contributed by atoms with Crippen LogP contribution in [-0.4, -0.2) is 23.9 Å². The van der Waals surface area contributed by atoms with Gasteiger partial charge in [-0.25, -0.2) is 9.69 Å². The van der Waals surface area contributed by atoms with Crippen LogP contribution < -0.4 is 4.90 Å². The molecule has 1 saturated carbocycles. The number of hydrogen-bond acceptors (Lipinski definition) is 4. The standard InChI is InChI=1S/C26H29NO4/c1-15(2)20-11-7-17(4)13-23(20)31-26(30)18-8-12-21-22(14-18)25(29)27(24(21)28)19-9-5-16(3)6-10-19/h5-6,8-10,12,14-15,17,20,23H,7,11,13H2,1-4H3. The van der Waals surface area contributed by atoms with Crippen molar-refractivity contribution in [1.82, 2.24) is 0 Å². The van der Waals surface area contributed by atoms with E-state index in [2.05, 4.69) is 20.8 Å². The van der Waals surface area contributed by atoms with E-state index < -0.39 is 11.9 Å². The summed E-state index contributed by atoms with van der Waals surface area (Å²) in [5.74, 6) is 0.0914. The lowest BCUT2D eigenvalue weighted by Gasteiger charge is -2.36. The van der Waals surface area contributed by atoms with Crippen molar-refractivity contribution in [3.05, 3.63) is 64.7 Å². The van der Waals surface area contributed by atoms with Crippen LogP contribution in [0.4, 0.5) is 5.69 Å². The van der Waals surface area contributed by atoms with E-state index >= 15 is 0 Å². The van der Waals surface area contributed by atoms with Crippen LogP contribution in [0.2, 0.25) is 0 Å². The Balaban J connectivity index is 1.57. The number of carbonyl (C=O) groups excluding carboxylic acids is 3. The molecule has 3 unspecified atom stereocenters. The first-order chi connectivity index (χ1) is 14.8. The third kappa shape index (κ3) is 4.01. The summed E-state index contributed by atoms with van der Waals surface area (Å²) in [4.78, 5) is 39.9. The lowest BCUT2D eigenvalue weighted by Crippen LogP contribution is -2.35. The second-order valence-electron chi connectivity index (χ2n) is 9.31. The molecule has 0 bridgehead atoms.